The fraction of sp³-hybridized carbons (Fsp3) is 0.704. The zero-order chi connectivity index (χ0) is 19.4. The van der Waals surface area contributed by atoms with E-state index in [-0.39, 0.29) is 5.41 Å². The zero-order valence-corrected chi connectivity index (χ0v) is 17.7. The molecule has 0 radical (unpaired) electrons. The van der Waals surface area contributed by atoms with Crippen LogP contribution < -0.4 is 0 Å². The Morgan fingerprint density at radius 1 is 0.857 bits per heavy atom. The van der Waals surface area contributed by atoms with E-state index in [1.165, 1.54) is 51.4 Å². The number of benzene rings is 1. The van der Waals surface area contributed by atoms with Gasteiger partial charge in [-0.05, 0) is 92.6 Å². The molecule has 0 aromatic heterocycles. The topological polar surface area (TPSA) is 20.2 Å². The fourth-order valence-corrected chi connectivity index (χ4v) is 8.21. The van der Waals surface area contributed by atoms with E-state index in [1.54, 1.807) is 0 Å². The summed E-state index contributed by atoms with van der Waals surface area (Å²) in [5.41, 5.74) is 0.738. The van der Waals surface area contributed by atoms with E-state index in [4.69, 9.17) is 0 Å². The Labute approximate surface area is 171 Å². The lowest BCUT2D eigenvalue weighted by atomic mass is 9.44. The average Bonchev–Trinajstić information content (AvgIpc) is 2.98. The van der Waals surface area contributed by atoms with E-state index in [0.29, 0.717) is 11.3 Å². The van der Waals surface area contributed by atoms with Crippen LogP contribution >= 0.6 is 0 Å². The van der Waals surface area contributed by atoms with Crippen LogP contribution in [0, 0.1) is 46.3 Å². The first-order valence-corrected chi connectivity index (χ1v) is 11.8. The van der Waals surface area contributed by atoms with Crippen LogP contribution in [0.15, 0.2) is 30.3 Å². The van der Waals surface area contributed by atoms with Crippen molar-refractivity contribution in [3.8, 4) is 11.8 Å². The number of hydrogen-bond donors (Lipinski definition) is 1. The second-order valence-electron chi connectivity index (χ2n) is 10.9. The van der Waals surface area contributed by atoms with Gasteiger partial charge in [0, 0.05) is 11.0 Å². The van der Waals surface area contributed by atoms with Gasteiger partial charge in [0.1, 0.15) is 5.60 Å². The van der Waals surface area contributed by atoms with Gasteiger partial charge >= 0.3 is 0 Å². The van der Waals surface area contributed by atoms with Crippen molar-refractivity contribution in [1.82, 2.24) is 0 Å². The molecule has 28 heavy (non-hydrogen) atoms. The predicted octanol–water partition coefficient (Wildman–Crippen LogP) is 6.20. The Kier molecular flexibility index (Phi) is 4.44. The molecule has 0 aliphatic heterocycles. The highest BCUT2D eigenvalue weighted by molar-refractivity contribution is 5.38. The van der Waals surface area contributed by atoms with Crippen molar-refractivity contribution in [3.05, 3.63) is 35.9 Å². The molecule has 4 saturated carbocycles. The summed E-state index contributed by atoms with van der Waals surface area (Å²) in [6, 6.07) is 10.2. The molecular weight excluding hydrogens is 340 g/mol. The highest BCUT2D eigenvalue weighted by Gasteiger charge is 2.64. The minimum absolute atomic E-state index is 0.0339. The van der Waals surface area contributed by atoms with Crippen molar-refractivity contribution >= 4 is 0 Å². The summed E-state index contributed by atoms with van der Waals surface area (Å²) in [4.78, 5) is 0. The number of fused-ring (bicyclic) bond motifs is 5. The van der Waals surface area contributed by atoms with Gasteiger partial charge in [0.25, 0.3) is 0 Å². The lowest BCUT2D eigenvalue weighted by molar-refractivity contribution is -0.134. The van der Waals surface area contributed by atoms with Crippen LogP contribution in [0.5, 0.6) is 0 Å². The second kappa shape index (κ2) is 6.63. The molecule has 0 spiro atoms. The normalized spacial score (nSPS) is 47.2. The lowest BCUT2D eigenvalue weighted by Crippen LogP contribution is -2.55. The molecule has 1 aromatic carbocycles. The van der Waals surface area contributed by atoms with Crippen LogP contribution in [0.25, 0.3) is 0 Å². The van der Waals surface area contributed by atoms with E-state index in [9.17, 15) is 5.11 Å². The van der Waals surface area contributed by atoms with Crippen molar-refractivity contribution in [3.63, 3.8) is 0 Å². The maximum atomic E-state index is 11.7. The molecule has 0 amide bonds. The fourth-order valence-electron chi connectivity index (χ4n) is 8.21. The first kappa shape index (κ1) is 18.7. The summed E-state index contributed by atoms with van der Waals surface area (Å²) in [5.74, 6) is 10.0. The van der Waals surface area contributed by atoms with E-state index >= 15 is 0 Å². The maximum Gasteiger partial charge on any atom is 0.131 e. The molecule has 7 atom stereocenters. The molecule has 1 heteroatoms. The third-order valence-corrected chi connectivity index (χ3v) is 9.92. The standard InChI is InChI=1S/C27H36O/c1-25-16-7-6-10-21(25)11-12-22-23(25)14-17-26(2)24(22)15-19-27(26,28)18-13-20-8-4-3-5-9-20/h3-5,8-9,21-24,28H,6-7,10-12,14-17,19H2,1-2H3/t21-,22+,23-,24+,25-,26+,27+/m0/s1. The largest absolute Gasteiger partial charge is 0.377 e. The second-order valence-corrected chi connectivity index (χ2v) is 10.9. The summed E-state index contributed by atoms with van der Waals surface area (Å²) in [5, 5.41) is 11.7. The van der Waals surface area contributed by atoms with Crippen LogP contribution in [0.2, 0.25) is 0 Å². The van der Waals surface area contributed by atoms with Crippen molar-refractivity contribution in [2.24, 2.45) is 34.5 Å². The predicted molar refractivity (Wildman–Crippen MR) is 115 cm³/mol. The SMILES string of the molecule is C[C@]12CCCC[C@H]1CC[C@H]1[C@H]3CC[C@](O)(C#Cc4ccccc4)[C@]3(C)CC[C@@H]12. The third kappa shape index (κ3) is 2.64. The molecule has 4 aliphatic rings. The molecule has 1 aromatic rings. The Hall–Kier alpha value is -1.26. The zero-order valence-electron chi connectivity index (χ0n) is 17.7. The third-order valence-electron chi connectivity index (χ3n) is 9.92. The first-order valence-electron chi connectivity index (χ1n) is 11.8. The molecule has 150 valence electrons. The molecule has 0 bridgehead atoms. The van der Waals surface area contributed by atoms with Crippen LogP contribution in [-0.4, -0.2) is 10.7 Å². The molecular formula is C27H36O. The van der Waals surface area contributed by atoms with Crippen molar-refractivity contribution in [1.29, 1.82) is 0 Å². The monoisotopic (exact) mass is 376 g/mol. The molecule has 1 N–H and O–H groups in total. The molecule has 0 saturated heterocycles. The molecule has 4 aliphatic carbocycles. The van der Waals surface area contributed by atoms with Crippen molar-refractivity contribution < 1.29 is 5.11 Å². The Bertz CT molecular complexity index is 787. The molecule has 0 heterocycles. The van der Waals surface area contributed by atoms with Crippen molar-refractivity contribution in [2.45, 2.75) is 83.7 Å². The highest BCUT2D eigenvalue weighted by atomic mass is 16.3. The van der Waals surface area contributed by atoms with Crippen LogP contribution in [0.3, 0.4) is 0 Å². The van der Waals surface area contributed by atoms with Gasteiger partial charge in [0.2, 0.25) is 0 Å². The number of rotatable bonds is 0. The van der Waals surface area contributed by atoms with Gasteiger partial charge in [-0.15, -0.1) is 0 Å². The van der Waals surface area contributed by atoms with E-state index in [0.717, 1.165) is 36.2 Å². The smallest absolute Gasteiger partial charge is 0.131 e. The van der Waals surface area contributed by atoms with Gasteiger partial charge in [0.15, 0.2) is 0 Å². The van der Waals surface area contributed by atoms with Crippen LogP contribution in [-0.2, 0) is 0 Å². The molecule has 1 nitrogen and oxygen atoms in total. The van der Waals surface area contributed by atoms with Crippen molar-refractivity contribution in [2.75, 3.05) is 0 Å². The van der Waals surface area contributed by atoms with Gasteiger partial charge < -0.3 is 5.11 Å². The van der Waals surface area contributed by atoms with Crippen LogP contribution in [0.4, 0.5) is 0 Å². The number of hydrogen-bond acceptors (Lipinski definition) is 1. The van der Waals surface area contributed by atoms with E-state index in [1.807, 2.05) is 30.3 Å². The van der Waals surface area contributed by atoms with E-state index < -0.39 is 5.60 Å². The summed E-state index contributed by atoms with van der Waals surface area (Å²) in [6.07, 6.45) is 13.1. The molecule has 0 unspecified atom stereocenters. The van der Waals surface area contributed by atoms with Crippen LogP contribution in [0.1, 0.15) is 83.6 Å². The average molecular weight is 377 g/mol. The first-order chi connectivity index (χ1) is 13.5. The summed E-state index contributed by atoms with van der Waals surface area (Å²) < 4.78 is 0. The minimum atomic E-state index is -0.817. The summed E-state index contributed by atoms with van der Waals surface area (Å²) >= 11 is 0. The quantitative estimate of drug-likeness (QED) is 0.534. The maximum absolute atomic E-state index is 11.7. The minimum Gasteiger partial charge on any atom is -0.377 e. The highest BCUT2D eigenvalue weighted by Crippen LogP contribution is 2.68. The van der Waals surface area contributed by atoms with Gasteiger partial charge in [-0.2, -0.15) is 0 Å². The van der Waals surface area contributed by atoms with Gasteiger partial charge in [0.05, 0.1) is 0 Å². The van der Waals surface area contributed by atoms with Gasteiger partial charge in [-0.1, -0.05) is 56.7 Å². The van der Waals surface area contributed by atoms with Gasteiger partial charge in [-0.25, -0.2) is 0 Å². The van der Waals surface area contributed by atoms with E-state index in [2.05, 4.69) is 25.7 Å². The summed E-state index contributed by atoms with van der Waals surface area (Å²) in [6.45, 7) is 5.00. The lowest BCUT2D eigenvalue weighted by Gasteiger charge is -2.60. The van der Waals surface area contributed by atoms with Gasteiger partial charge in [-0.3, -0.25) is 0 Å². The Morgan fingerprint density at radius 3 is 2.46 bits per heavy atom. The Balaban J connectivity index is 1.43. The Morgan fingerprint density at radius 2 is 1.64 bits per heavy atom. The summed E-state index contributed by atoms with van der Waals surface area (Å²) in [7, 11) is 0. The molecule has 4 fully saturated rings. The number of aliphatic hydroxyl groups is 1. The molecule has 5 rings (SSSR count).